The molecule has 54 heavy (non-hydrogen) atoms. The number of carbonyl (C=O) groups is 6. The first-order valence-corrected chi connectivity index (χ1v) is 17.1. The zero-order valence-corrected chi connectivity index (χ0v) is 29.3. The van der Waals surface area contributed by atoms with Crippen molar-refractivity contribution < 1.29 is 71.4 Å². The molecule has 2 saturated heterocycles. The zero-order chi connectivity index (χ0) is 38.5. The summed E-state index contributed by atoms with van der Waals surface area (Å²) >= 11 is 0. The monoisotopic (exact) mass is 746 g/mol. The van der Waals surface area contributed by atoms with Gasteiger partial charge >= 0.3 is 36.0 Å². The van der Waals surface area contributed by atoms with Crippen LogP contribution in [0.15, 0.2) is 85.5 Å². The molecular formula is C39H38O15. The normalized spacial score (nSPS) is 18.4. The minimum absolute atomic E-state index is 0.0339. The number of esters is 5. The van der Waals surface area contributed by atoms with E-state index in [0.29, 0.717) is 25.2 Å². The molecular weight excluding hydrogens is 708 g/mol. The molecule has 0 spiro atoms. The van der Waals surface area contributed by atoms with Gasteiger partial charge in [0.25, 0.3) is 0 Å². The highest BCUT2D eigenvalue weighted by Gasteiger charge is 2.51. The van der Waals surface area contributed by atoms with E-state index in [1.165, 1.54) is 79.7 Å². The van der Waals surface area contributed by atoms with Crippen molar-refractivity contribution >= 4 is 36.0 Å². The summed E-state index contributed by atoms with van der Waals surface area (Å²) in [5.41, 5.74) is 0.623. The standard InChI is InChI=1S/C39H38O15/c1-3-33(41)46-20-6-4-5-7-21-47-39(45)52-30-18-12-25(13-19-30)36(42)51-29-16-10-27(11-17-29)38(44)54-32-23-49-34-31(22-48-35(32)34)53-37(43)26-8-14-28(15-9-26)50-24(2)40/h3,8-19,31-32,34-35H,1,4-7,20-23H2,2H3/t31-,32-,34?,35?/m0/s1. The number of ether oxygens (including phenoxy) is 9. The van der Waals surface area contributed by atoms with Gasteiger partial charge in [-0.05, 0) is 98.5 Å². The van der Waals surface area contributed by atoms with E-state index in [-0.39, 0.29) is 48.0 Å². The van der Waals surface area contributed by atoms with Crippen LogP contribution < -0.4 is 14.2 Å². The molecule has 0 bridgehead atoms. The molecule has 0 aliphatic carbocycles. The maximum absolute atomic E-state index is 12.9. The van der Waals surface area contributed by atoms with E-state index in [1.807, 2.05) is 0 Å². The fourth-order valence-electron chi connectivity index (χ4n) is 5.42. The van der Waals surface area contributed by atoms with E-state index in [2.05, 4.69) is 6.58 Å². The van der Waals surface area contributed by atoms with Crippen molar-refractivity contribution in [2.75, 3.05) is 26.4 Å². The lowest BCUT2D eigenvalue weighted by molar-refractivity contribution is -0.138. The molecule has 2 aliphatic heterocycles. The highest BCUT2D eigenvalue weighted by atomic mass is 16.7. The average Bonchev–Trinajstić information content (AvgIpc) is 3.75. The van der Waals surface area contributed by atoms with Crippen molar-refractivity contribution in [3.8, 4) is 17.2 Å². The lowest BCUT2D eigenvalue weighted by atomic mass is 10.1. The Balaban J connectivity index is 1.01. The van der Waals surface area contributed by atoms with Crippen molar-refractivity contribution in [1.82, 2.24) is 0 Å². The number of benzene rings is 3. The Morgan fingerprint density at radius 1 is 0.593 bits per heavy atom. The zero-order valence-electron chi connectivity index (χ0n) is 29.3. The van der Waals surface area contributed by atoms with Crippen molar-refractivity contribution in [3.05, 3.63) is 102 Å². The quantitative estimate of drug-likeness (QED) is 0.0466. The van der Waals surface area contributed by atoms with Crippen molar-refractivity contribution in [3.63, 3.8) is 0 Å². The van der Waals surface area contributed by atoms with Gasteiger partial charge in [0.2, 0.25) is 0 Å². The molecule has 0 radical (unpaired) electrons. The van der Waals surface area contributed by atoms with E-state index in [1.54, 1.807) is 0 Å². The SMILES string of the molecule is C=CC(=O)OCCCCCCOC(=O)Oc1ccc(C(=O)Oc2ccc(C(=O)O[C@H]3COC4C3OC[C@@H]4OC(=O)c3ccc(OC(C)=O)cc3)cc2)cc1. The van der Waals surface area contributed by atoms with E-state index in [4.69, 9.17) is 42.6 Å². The van der Waals surface area contributed by atoms with Crippen LogP contribution in [0, 0.1) is 0 Å². The first kappa shape index (κ1) is 39.2. The first-order valence-electron chi connectivity index (χ1n) is 17.1. The molecule has 15 heteroatoms. The summed E-state index contributed by atoms with van der Waals surface area (Å²) in [6.45, 7) is 5.15. The van der Waals surface area contributed by atoms with Gasteiger partial charge in [-0.3, -0.25) is 4.79 Å². The average molecular weight is 747 g/mol. The van der Waals surface area contributed by atoms with Crippen LogP contribution in [0.25, 0.3) is 0 Å². The van der Waals surface area contributed by atoms with Crippen LogP contribution in [0.5, 0.6) is 17.2 Å². The topological polar surface area (TPSA) is 185 Å². The predicted octanol–water partition coefficient (Wildman–Crippen LogP) is 5.18. The molecule has 3 aromatic carbocycles. The largest absolute Gasteiger partial charge is 0.513 e. The number of fused-ring (bicyclic) bond motifs is 1. The van der Waals surface area contributed by atoms with Crippen molar-refractivity contribution in [1.29, 1.82) is 0 Å². The molecule has 2 aliphatic rings. The van der Waals surface area contributed by atoms with Gasteiger partial charge in [0.15, 0.2) is 12.2 Å². The fourth-order valence-corrected chi connectivity index (χ4v) is 5.42. The molecule has 4 atom stereocenters. The van der Waals surface area contributed by atoms with Crippen LogP contribution in [0.3, 0.4) is 0 Å². The lowest BCUT2D eigenvalue weighted by Gasteiger charge is -2.17. The molecule has 0 saturated carbocycles. The molecule has 15 nitrogen and oxygen atoms in total. The van der Waals surface area contributed by atoms with Crippen LogP contribution in [0.1, 0.15) is 63.7 Å². The number of hydrogen-bond donors (Lipinski definition) is 0. The van der Waals surface area contributed by atoms with Crippen molar-refractivity contribution in [2.45, 2.75) is 57.0 Å². The maximum Gasteiger partial charge on any atom is 0.513 e. The molecule has 5 rings (SSSR count). The fraction of sp³-hybridized carbons (Fsp3) is 0.333. The van der Waals surface area contributed by atoms with Gasteiger partial charge in [0.05, 0.1) is 43.1 Å². The van der Waals surface area contributed by atoms with Gasteiger partial charge in [-0.1, -0.05) is 6.58 Å². The minimum atomic E-state index is -0.882. The maximum atomic E-state index is 12.9. The molecule has 3 aromatic rings. The molecule has 2 unspecified atom stereocenters. The Labute approximate surface area is 309 Å². The van der Waals surface area contributed by atoms with E-state index in [9.17, 15) is 28.8 Å². The number of hydrogen-bond acceptors (Lipinski definition) is 15. The summed E-state index contributed by atoms with van der Waals surface area (Å²) in [6, 6.07) is 17.3. The molecule has 284 valence electrons. The predicted molar refractivity (Wildman–Crippen MR) is 185 cm³/mol. The summed E-state index contributed by atoms with van der Waals surface area (Å²) < 4.78 is 48.2. The number of rotatable bonds is 16. The van der Waals surface area contributed by atoms with Crippen LogP contribution in [0.2, 0.25) is 0 Å². The third-order valence-corrected chi connectivity index (χ3v) is 8.09. The summed E-state index contributed by atoms with van der Waals surface area (Å²) in [6.07, 6.45) is 0.345. The number of carbonyl (C=O) groups excluding carboxylic acids is 6. The summed E-state index contributed by atoms with van der Waals surface area (Å²) in [7, 11) is 0. The van der Waals surface area contributed by atoms with Crippen molar-refractivity contribution in [2.24, 2.45) is 0 Å². The van der Waals surface area contributed by atoms with Gasteiger partial charge in [-0.2, -0.15) is 0 Å². The minimum Gasteiger partial charge on any atom is -0.463 e. The highest BCUT2D eigenvalue weighted by molar-refractivity contribution is 5.92. The number of unbranched alkanes of at least 4 members (excludes halogenated alkanes) is 3. The Morgan fingerprint density at radius 2 is 1.02 bits per heavy atom. The highest BCUT2D eigenvalue weighted by Crippen LogP contribution is 2.32. The molecule has 0 aromatic heterocycles. The van der Waals surface area contributed by atoms with Gasteiger partial charge < -0.3 is 42.6 Å². The van der Waals surface area contributed by atoms with Gasteiger partial charge in [-0.25, -0.2) is 24.0 Å². The Hall–Kier alpha value is -6.06. The first-order chi connectivity index (χ1) is 26.1. The Bertz CT molecular complexity index is 1800. The van der Waals surface area contributed by atoms with Crippen LogP contribution >= 0.6 is 0 Å². The second kappa shape index (κ2) is 19.1. The summed E-state index contributed by atoms with van der Waals surface area (Å²) in [4.78, 5) is 72.4. The Morgan fingerprint density at radius 3 is 1.48 bits per heavy atom. The van der Waals surface area contributed by atoms with Gasteiger partial charge in [0, 0.05) is 13.0 Å². The Kier molecular flexibility index (Phi) is 13.9. The molecule has 0 N–H and O–H groups in total. The molecule has 0 amide bonds. The van der Waals surface area contributed by atoms with E-state index in [0.717, 1.165) is 18.9 Å². The van der Waals surface area contributed by atoms with E-state index < -0.39 is 60.4 Å². The van der Waals surface area contributed by atoms with E-state index >= 15 is 0 Å². The van der Waals surface area contributed by atoms with Gasteiger partial charge in [-0.15, -0.1) is 0 Å². The summed E-state index contributed by atoms with van der Waals surface area (Å²) in [5, 5.41) is 0. The van der Waals surface area contributed by atoms with Crippen LogP contribution in [0.4, 0.5) is 4.79 Å². The van der Waals surface area contributed by atoms with Crippen LogP contribution in [-0.4, -0.2) is 86.8 Å². The second-order valence-electron chi connectivity index (χ2n) is 12.0. The van der Waals surface area contributed by atoms with Crippen LogP contribution in [-0.2, 0) is 38.0 Å². The molecule has 2 heterocycles. The van der Waals surface area contributed by atoms with Gasteiger partial charge in [0.1, 0.15) is 29.5 Å². The molecule has 2 fully saturated rings. The second-order valence-corrected chi connectivity index (χ2v) is 12.0. The third kappa shape index (κ3) is 11.2. The summed E-state index contributed by atoms with van der Waals surface area (Å²) in [5.74, 6) is -2.25. The third-order valence-electron chi connectivity index (χ3n) is 8.09. The smallest absolute Gasteiger partial charge is 0.463 e. The lowest BCUT2D eigenvalue weighted by Crippen LogP contribution is -2.36.